The summed E-state index contributed by atoms with van der Waals surface area (Å²) in [5, 5.41) is 2.84. The molecule has 19 heavy (non-hydrogen) atoms. The molecule has 0 bridgehead atoms. The lowest BCUT2D eigenvalue weighted by Gasteiger charge is -2.30. The van der Waals surface area contributed by atoms with Gasteiger partial charge in [-0.3, -0.25) is 14.5 Å². The number of nitrogens with one attached hydrogen (secondary N) is 1. The average Bonchev–Trinajstić information content (AvgIpc) is 2.63. The first-order chi connectivity index (χ1) is 9.09. The second-order valence-corrected chi connectivity index (χ2v) is 5.21. The molecule has 2 aliphatic rings. The summed E-state index contributed by atoms with van der Waals surface area (Å²) in [6, 6.07) is -0.322. The Morgan fingerprint density at radius 2 is 2.00 bits per heavy atom. The number of hydrogen-bond donors (Lipinski definition) is 1. The average molecular weight is 268 g/mol. The standard InChI is InChI=1S/C13H20N2O4/c1-19-10(16)6-5-9-15-11(17)13(14-12(15)18)7-3-2-4-8-13/h2-9H2,1H3,(H,14,18). The van der Waals surface area contributed by atoms with Crippen LogP contribution >= 0.6 is 0 Å². The first kappa shape index (κ1) is 13.8. The number of rotatable bonds is 4. The maximum Gasteiger partial charge on any atom is 0.325 e. The van der Waals surface area contributed by atoms with E-state index in [0.717, 1.165) is 32.1 Å². The van der Waals surface area contributed by atoms with Crippen molar-refractivity contribution in [2.75, 3.05) is 13.7 Å². The van der Waals surface area contributed by atoms with Gasteiger partial charge >= 0.3 is 12.0 Å². The van der Waals surface area contributed by atoms with Gasteiger partial charge in [0.1, 0.15) is 5.54 Å². The zero-order chi connectivity index (χ0) is 13.9. The Labute approximate surface area is 112 Å². The molecule has 0 unspecified atom stereocenters. The van der Waals surface area contributed by atoms with E-state index in [4.69, 9.17) is 0 Å². The number of imide groups is 1. The SMILES string of the molecule is COC(=O)CCCN1C(=O)NC2(CCCCC2)C1=O. The predicted octanol–water partition coefficient (Wildman–Crippen LogP) is 1.19. The van der Waals surface area contributed by atoms with E-state index in [9.17, 15) is 14.4 Å². The van der Waals surface area contributed by atoms with Crippen molar-refractivity contribution in [2.45, 2.75) is 50.5 Å². The molecule has 3 amide bonds. The highest BCUT2D eigenvalue weighted by molar-refractivity contribution is 6.07. The largest absolute Gasteiger partial charge is 0.469 e. The summed E-state index contributed by atoms with van der Waals surface area (Å²) in [7, 11) is 1.33. The predicted molar refractivity (Wildman–Crippen MR) is 67.3 cm³/mol. The minimum atomic E-state index is -0.666. The van der Waals surface area contributed by atoms with Crippen LogP contribution < -0.4 is 5.32 Å². The van der Waals surface area contributed by atoms with Gasteiger partial charge < -0.3 is 10.1 Å². The van der Waals surface area contributed by atoms with Crippen molar-refractivity contribution in [2.24, 2.45) is 0 Å². The van der Waals surface area contributed by atoms with Crippen LogP contribution in [0.25, 0.3) is 0 Å². The molecular formula is C13H20N2O4. The summed E-state index contributed by atoms with van der Waals surface area (Å²) in [4.78, 5) is 36.5. The number of carbonyl (C=O) groups is 3. The Balaban J connectivity index is 1.93. The molecule has 1 aliphatic heterocycles. The molecule has 0 atom stereocenters. The molecule has 2 fully saturated rings. The van der Waals surface area contributed by atoms with E-state index >= 15 is 0 Å². The van der Waals surface area contributed by atoms with E-state index in [1.54, 1.807) is 0 Å². The molecule has 1 N–H and O–H groups in total. The smallest absolute Gasteiger partial charge is 0.325 e. The summed E-state index contributed by atoms with van der Waals surface area (Å²) in [5.41, 5.74) is -0.666. The molecule has 1 heterocycles. The molecule has 6 nitrogen and oxygen atoms in total. The lowest BCUT2D eigenvalue weighted by Crippen LogP contribution is -2.48. The second-order valence-electron chi connectivity index (χ2n) is 5.21. The van der Waals surface area contributed by atoms with Crippen molar-refractivity contribution in [1.82, 2.24) is 10.2 Å². The Bertz CT molecular complexity index is 388. The number of carbonyl (C=O) groups excluding carboxylic acids is 3. The molecule has 6 heteroatoms. The van der Waals surface area contributed by atoms with Crippen molar-refractivity contribution in [3.63, 3.8) is 0 Å². The van der Waals surface area contributed by atoms with Gasteiger partial charge in [-0.05, 0) is 19.3 Å². The van der Waals surface area contributed by atoms with E-state index in [-0.39, 0.29) is 30.9 Å². The van der Waals surface area contributed by atoms with Crippen LogP contribution in [0.5, 0.6) is 0 Å². The molecule has 1 saturated heterocycles. The third-order valence-electron chi connectivity index (χ3n) is 3.94. The lowest BCUT2D eigenvalue weighted by molar-refractivity contribution is -0.141. The molecule has 1 spiro atoms. The fourth-order valence-corrected chi connectivity index (χ4v) is 2.86. The van der Waals surface area contributed by atoms with Crippen LogP contribution in [0.15, 0.2) is 0 Å². The third kappa shape index (κ3) is 2.72. The van der Waals surface area contributed by atoms with Crippen molar-refractivity contribution in [3.05, 3.63) is 0 Å². The highest BCUT2D eigenvalue weighted by atomic mass is 16.5. The van der Waals surface area contributed by atoms with Crippen molar-refractivity contribution >= 4 is 17.9 Å². The zero-order valence-electron chi connectivity index (χ0n) is 11.2. The minimum Gasteiger partial charge on any atom is -0.469 e. The number of ether oxygens (including phenoxy) is 1. The van der Waals surface area contributed by atoms with Gasteiger partial charge in [-0.15, -0.1) is 0 Å². The van der Waals surface area contributed by atoms with E-state index in [1.165, 1.54) is 12.0 Å². The van der Waals surface area contributed by atoms with E-state index in [1.807, 2.05) is 0 Å². The highest BCUT2D eigenvalue weighted by Gasteiger charge is 2.50. The van der Waals surface area contributed by atoms with Gasteiger partial charge in [-0.1, -0.05) is 19.3 Å². The molecule has 2 rings (SSSR count). The van der Waals surface area contributed by atoms with Crippen LogP contribution in [0.1, 0.15) is 44.9 Å². The van der Waals surface area contributed by atoms with Crippen molar-refractivity contribution in [1.29, 1.82) is 0 Å². The van der Waals surface area contributed by atoms with Gasteiger partial charge in [-0.2, -0.15) is 0 Å². The van der Waals surface area contributed by atoms with Crippen LogP contribution in [-0.2, 0) is 14.3 Å². The minimum absolute atomic E-state index is 0.123. The Kier molecular flexibility index (Phi) is 4.07. The maximum atomic E-state index is 12.4. The molecule has 1 aliphatic carbocycles. The lowest BCUT2D eigenvalue weighted by atomic mass is 9.82. The molecule has 0 aromatic carbocycles. The van der Waals surface area contributed by atoms with Crippen LogP contribution in [0.3, 0.4) is 0 Å². The fourth-order valence-electron chi connectivity index (χ4n) is 2.86. The topological polar surface area (TPSA) is 75.7 Å². The van der Waals surface area contributed by atoms with Gasteiger partial charge in [0.15, 0.2) is 0 Å². The van der Waals surface area contributed by atoms with Gasteiger partial charge in [-0.25, -0.2) is 4.79 Å². The summed E-state index contributed by atoms with van der Waals surface area (Å²) in [6.07, 6.45) is 5.19. The number of esters is 1. The summed E-state index contributed by atoms with van der Waals surface area (Å²) in [6.45, 7) is 0.279. The van der Waals surface area contributed by atoms with Crippen LogP contribution in [0.2, 0.25) is 0 Å². The number of nitrogens with zero attached hydrogens (tertiary/aromatic N) is 1. The third-order valence-corrected chi connectivity index (χ3v) is 3.94. The van der Waals surface area contributed by atoms with Gasteiger partial charge in [0.05, 0.1) is 7.11 Å². The normalized spacial score (nSPS) is 21.6. The van der Waals surface area contributed by atoms with Gasteiger partial charge in [0, 0.05) is 13.0 Å². The van der Waals surface area contributed by atoms with Gasteiger partial charge in [0.25, 0.3) is 5.91 Å². The molecule has 0 aromatic heterocycles. The summed E-state index contributed by atoms with van der Waals surface area (Å²) >= 11 is 0. The molecular weight excluding hydrogens is 248 g/mol. The quantitative estimate of drug-likeness (QED) is 0.614. The van der Waals surface area contributed by atoms with E-state index in [2.05, 4.69) is 10.1 Å². The van der Waals surface area contributed by atoms with Gasteiger partial charge in [0.2, 0.25) is 0 Å². The second kappa shape index (κ2) is 5.59. The zero-order valence-corrected chi connectivity index (χ0v) is 11.2. The number of hydrogen-bond acceptors (Lipinski definition) is 4. The Hall–Kier alpha value is -1.59. The van der Waals surface area contributed by atoms with E-state index in [0.29, 0.717) is 6.42 Å². The fraction of sp³-hybridized carbons (Fsp3) is 0.769. The Morgan fingerprint density at radius 1 is 1.32 bits per heavy atom. The van der Waals surface area contributed by atoms with Crippen LogP contribution in [0.4, 0.5) is 4.79 Å². The molecule has 0 aromatic rings. The number of urea groups is 1. The first-order valence-electron chi connectivity index (χ1n) is 6.80. The van der Waals surface area contributed by atoms with Crippen LogP contribution in [0, 0.1) is 0 Å². The Morgan fingerprint density at radius 3 is 2.63 bits per heavy atom. The molecule has 1 saturated carbocycles. The van der Waals surface area contributed by atoms with E-state index < -0.39 is 5.54 Å². The van der Waals surface area contributed by atoms with Crippen LogP contribution in [-0.4, -0.2) is 42.0 Å². The van der Waals surface area contributed by atoms with Crippen molar-refractivity contribution in [3.8, 4) is 0 Å². The first-order valence-corrected chi connectivity index (χ1v) is 6.80. The van der Waals surface area contributed by atoms with Crippen molar-refractivity contribution < 1.29 is 19.1 Å². The number of amides is 3. The molecule has 0 radical (unpaired) electrons. The summed E-state index contributed by atoms with van der Waals surface area (Å²) in [5.74, 6) is -0.443. The monoisotopic (exact) mass is 268 g/mol. The number of methoxy groups -OCH3 is 1. The summed E-state index contributed by atoms with van der Waals surface area (Å²) < 4.78 is 4.54. The highest BCUT2D eigenvalue weighted by Crippen LogP contribution is 2.33. The molecule has 106 valence electrons. The maximum absolute atomic E-state index is 12.4.